The molecule has 2 heterocycles. The average Bonchev–Trinajstić information content (AvgIpc) is 3.00. The number of hydrogen-bond acceptors (Lipinski definition) is 7. The quantitative estimate of drug-likeness (QED) is 0.344. The summed E-state index contributed by atoms with van der Waals surface area (Å²) < 4.78 is 16.7. The monoisotopic (exact) mass is 510 g/mol. The van der Waals surface area contributed by atoms with Crippen molar-refractivity contribution in [1.82, 2.24) is 15.1 Å². The minimum atomic E-state index is -0.0256. The SMILES string of the molecule is COc1ccc(-c2ccc(N3CCN(C(=O)COc4ccccc4-c4ccccc4)CC3)nn2)cc1OC. The van der Waals surface area contributed by atoms with Gasteiger partial charge in [0.1, 0.15) is 5.75 Å². The zero-order valence-corrected chi connectivity index (χ0v) is 21.5. The number of para-hydroxylation sites is 1. The summed E-state index contributed by atoms with van der Waals surface area (Å²) in [5.41, 5.74) is 3.67. The van der Waals surface area contributed by atoms with Gasteiger partial charge in [-0.25, -0.2) is 0 Å². The van der Waals surface area contributed by atoms with Crippen molar-refractivity contribution in [1.29, 1.82) is 0 Å². The number of hydrogen-bond donors (Lipinski definition) is 0. The van der Waals surface area contributed by atoms with Gasteiger partial charge in [0.25, 0.3) is 5.91 Å². The maximum atomic E-state index is 12.9. The van der Waals surface area contributed by atoms with Crippen LogP contribution in [0.25, 0.3) is 22.4 Å². The van der Waals surface area contributed by atoms with E-state index in [1.54, 1.807) is 14.2 Å². The third-order valence-electron chi connectivity index (χ3n) is 6.61. The van der Waals surface area contributed by atoms with Crippen molar-refractivity contribution in [2.75, 3.05) is 51.9 Å². The highest BCUT2D eigenvalue weighted by molar-refractivity contribution is 5.79. The summed E-state index contributed by atoms with van der Waals surface area (Å²) >= 11 is 0. The maximum Gasteiger partial charge on any atom is 0.260 e. The zero-order chi connectivity index (χ0) is 26.3. The summed E-state index contributed by atoms with van der Waals surface area (Å²) in [4.78, 5) is 16.9. The number of nitrogens with zero attached hydrogens (tertiary/aromatic N) is 4. The number of benzene rings is 3. The molecule has 0 bridgehead atoms. The normalized spacial score (nSPS) is 13.2. The number of ether oxygens (including phenoxy) is 3. The molecule has 0 radical (unpaired) electrons. The largest absolute Gasteiger partial charge is 0.493 e. The van der Waals surface area contributed by atoms with Crippen molar-refractivity contribution in [3.8, 4) is 39.6 Å². The lowest BCUT2D eigenvalue weighted by Gasteiger charge is -2.35. The summed E-state index contributed by atoms with van der Waals surface area (Å²) in [6.07, 6.45) is 0. The standard InChI is InChI=1S/C30H30N4O4/c1-36-27-14-12-23(20-28(27)37-2)25-13-15-29(32-31-25)33-16-18-34(19-17-33)30(35)21-38-26-11-7-6-10-24(26)22-8-4-3-5-9-22/h3-15,20H,16-19,21H2,1-2H3. The first-order valence-electron chi connectivity index (χ1n) is 12.5. The highest BCUT2D eigenvalue weighted by Crippen LogP contribution is 2.32. The Hall–Kier alpha value is -4.59. The Kier molecular flexibility index (Phi) is 7.68. The van der Waals surface area contributed by atoms with Gasteiger partial charge < -0.3 is 24.0 Å². The number of amides is 1. The van der Waals surface area contributed by atoms with Gasteiger partial charge in [-0.05, 0) is 42.0 Å². The Morgan fingerprint density at radius 2 is 1.47 bits per heavy atom. The van der Waals surface area contributed by atoms with E-state index < -0.39 is 0 Å². The highest BCUT2D eigenvalue weighted by atomic mass is 16.5. The van der Waals surface area contributed by atoms with Crippen molar-refractivity contribution >= 4 is 11.7 Å². The molecule has 0 unspecified atom stereocenters. The Bertz CT molecular complexity index is 1370. The first kappa shape index (κ1) is 25.1. The van der Waals surface area contributed by atoms with E-state index >= 15 is 0 Å². The predicted octanol–water partition coefficient (Wildman–Crippen LogP) is 4.56. The molecule has 0 N–H and O–H groups in total. The van der Waals surface area contributed by atoms with E-state index in [4.69, 9.17) is 14.2 Å². The molecule has 0 atom stereocenters. The fourth-order valence-electron chi connectivity index (χ4n) is 4.51. The van der Waals surface area contributed by atoms with Gasteiger partial charge in [-0.15, -0.1) is 10.2 Å². The Balaban J connectivity index is 1.16. The summed E-state index contributed by atoms with van der Waals surface area (Å²) in [6, 6.07) is 27.4. The topological polar surface area (TPSA) is 77.0 Å². The van der Waals surface area contributed by atoms with Crippen LogP contribution in [-0.2, 0) is 4.79 Å². The van der Waals surface area contributed by atoms with Crippen molar-refractivity contribution in [2.24, 2.45) is 0 Å². The van der Waals surface area contributed by atoms with Crippen LogP contribution in [0.2, 0.25) is 0 Å². The molecular formula is C30H30N4O4. The molecule has 0 spiro atoms. The van der Waals surface area contributed by atoms with E-state index in [-0.39, 0.29) is 12.5 Å². The summed E-state index contributed by atoms with van der Waals surface area (Å²) in [7, 11) is 3.22. The van der Waals surface area contributed by atoms with Crippen LogP contribution in [0.4, 0.5) is 5.82 Å². The molecule has 5 rings (SSSR count). The van der Waals surface area contributed by atoms with E-state index in [1.165, 1.54) is 0 Å². The minimum Gasteiger partial charge on any atom is -0.493 e. The second kappa shape index (κ2) is 11.6. The minimum absolute atomic E-state index is 0.00364. The van der Waals surface area contributed by atoms with E-state index in [2.05, 4.69) is 15.1 Å². The molecule has 8 heteroatoms. The molecule has 1 fully saturated rings. The lowest BCUT2D eigenvalue weighted by atomic mass is 10.1. The first-order valence-corrected chi connectivity index (χ1v) is 12.5. The van der Waals surface area contributed by atoms with E-state index in [0.29, 0.717) is 43.4 Å². The Morgan fingerprint density at radius 3 is 2.18 bits per heavy atom. The van der Waals surface area contributed by atoms with Gasteiger partial charge in [-0.2, -0.15) is 0 Å². The first-order chi connectivity index (χ1) is 18.7. The number of carbonyl (C=O) groups is 1. The van der Waals surface area contributed by atoms with Crippen molar-refractivity contribution in [2.45, 2.75) is 0 Å². The second-order valence-corrected chi connectivity index (χ2v) is 8.87. The molecule has 1 aromatic heterocycles. The lowest BCUT2D eigenvalue weighted by molar-refractivity contribution is -0.133. The third-order valence-corrected chi connectivity index (χ3v) is 6.61. The van der Waals surface area contributed by atoms with Gasteiger partial charge in [-0.1, -0.05) is 48.5 Å². The van der Waals surface area contributed by atoms with Gasteiger partial charge in [0.2, 0.25) is 0 Å². The second-order valence-electron chi connectivity index (χ2n) is 8.87. The van der Waals surface area contributed by atoms with Crippen LogP contribution in [0.15, 0.2) is 84.9 Å². The smallest absolute Gasteiger partial charge is 0.260 e. The van der Waals surface area contributed by atoms with Crippen LogP contribution in [-0.4, -0.2) is 68.0 Å². The maximum absolute atomic E-state index is 12.9. The van der Waals surface area contributed by atoms with Crippen LogP contribution >= 0.6 is 0 Å². The molecule has 4 aromatic rings. The molecule has 8 nitrogen and oxygen atoms in total. The van der Waals surface area contributed by atoms with Crippen molar-refractivity contribution in [3.05, 3.63) is 84.9 Å². The molecule has 38 heavy (non-hydrogen) atoms. The summed E-state index contributed by atoms with van der Waals surface area (Å²) in [5.74, 6) is 2.77. The third kappa shape index (κ3) is 5.54. The molecule has 194 valence electrons. The Labute approximate surface area is 222 Å². The number of methoxy groups -OCH3 is 2. The fourth-order valence-corrected chi connectivity index (χ4v) is 4.51. The molecule has 3 aromatic carbocycles. The molecule has 0 saturated carbocycles. The van der Waals surface area contributed by atoms with Crippen LogP contribution in [0.5, 0.6) is 17.2 Å². The molecule has 1 aliphatic rings. The van der Waals surface area contributed by atoms with Gasteiger partial charge in [0, 0.05) is 37.3 Å². The number of rotatable bonds is 8. The fraction of sp³-hybridized carbons (Fsp3) is 0.233. The van der Waals surface area contributed by atoms with Crippen molar-refractivity contribution < 1.29 is 19.0 Å². The number of carbonyl (C=O) groups excluding carboxylic acids is 1. The van der Waals surface area contributed by atoms with Gasteiger partial charge in [0.05, 0.1) is 19.9 Å². The summed E-state index contributed by atoms with van der Waals surface area (Å²) in [5, 5.41) is 8.85. The number of aromatic nitrogens is 2. The van der Waals surface area contributed by atoms with Gasteiger partial charge in [0.15, 0.2) is 23.9 Å². The average molecular weight is 511 g/mol. The highest BCUT2D eigenvalue weighted by Gasteiger charge is 2.23. The molecule has 1 saturated heterocycles. The molecule has 1 amide bonds. The number of anilines is 1. The van der Waals surface area contributed by atoms with Crippen LogP contribution in [0.3, 0.4) is 0 Å². The van der Waals surface area contributed by atoms with Crippen molar-refractivity contribution in [3.63, 3.8) is 0 Å². The van der Waals surface area contributed by atoms with E-state index in [0.717, 1.165) is 28.2 Å². The zero-order valence-electron chi connectivity index (χ0n) is 21.5. The predicted molar refractivity (Wildman–Crippen MR) is 147 cm³/mol. The Morgan fingerprint density at radius 1 is 0.737 bits per heavy atom. The molecular weight excluding hydrogens is 480 g/mol. The lowest BCUT2D eigenvalue weighted by Crippen LogP contribution is -2.50. The van der Waals surface area contributed by atoms with E-state index in [1.807, 2.05) is 89.8 Å². The summed E-state index contributed by atoms with van der Waals surface area (Å²) in [6.45, 7) is 2.56. The molecule has 1 aliphatic heterocycles. The van der Waals surface area contributed by atoms with Crippen LogP contribution in [0, 0.1) is 0 Å². The van der Waals surface area contributed by atoms with Gasteiger partial charge >= 0.3 is 0 Å². The van der Waals surface area contributed by atoms with E-state index in [9.17, 15) is 4.79 Å². The van der Waals surface area contributed by atoms with Crippen LogP contribution in [0.1, 0.15) is 0 Å². The van der Waals surface area contributed by atoms with Crippen LogP contribution < -0.4 is 19.1 Å². The van der Waals surface area contributed by atoms with Gasteiger partial charge in [-0.3, -0.25) is 4.79 Å². The number of piperazine rings is 1. The molecule has 0 aliphatic carbocycles.